The molecule has 0 aliphatic rings. The third-order valence-corrected chi connectivity index (χ3v) is 3.52. The number of alkyl halides is 3. The predicted molar refractivity (Wildman–Crippen MR) is 70.1 cm³/mol. The summed E-state index contributed by atoms with van der Waals surface area (Å²) in [6.07, 6.45) is -4.75. The van der Waals surface area contributed by atoms with Crippen LogP contribution in [0.2, 0.25) is 0 Å². The first kappa shape index (κ1) is 15.3. The van der Waals surface area contributed by atoms with Gasteiger partial charge in [0.25, 0.3) is 0 Å². The molecule has 0 saturated heterocycles. The minimum absolute atomic E-state index is 0.0440. The number of hydrogen-bond donors (Lipinski definition) is 1. The smallest absolute Gasteiger partial charge is 0.406 e. The second kappa shape index (κ2) is 5.70. The van der Waals surface area contributed by atoms with Crippen molar-refractivity contribution in [2.75, 3.05) is 0 Å². The Bertz CT molecular complexity index is 640. The van der Waals surface area contributed by atoms with E-state index in [1.165, 1.54) is 18.2 Å². The Morgan fingerprint density at radius 2 is 1.86 bits per heavy atom. The fourth-order valence-electron chi connectivity index (χ4n) is 1.67. The Morgan fingerprint density at radius 3 is 2.33 bits per heavy atom. The molecule has 5 nitrogen and oxygen atoms in total. The van der Waals surface area contributed by atoms with Gasteiger partial charge in [-0.25, -0.2) is 0 Å². The molecule has 0 saturated carbocycles. The molecule has 2 rings (SSSR count). The summed E-state index contributed by atoms with van der Waals surface area (Å²) in [5.74, 6) is -0.352. The van der Waals surface area contributed by atoms with Gasteiger partial charge in [0.15, 0.2) is 0 Å². The average molecular weight is 318 g/mol. The lowest BCUT2D eigenvalue weighted by Crippen LogP contribution is -2.17. The third-order valence-electron chi connectivity index (χ3n) is 2.62. The van der Waals surface area contributed by atoms with Crippen molar-refractivity contribution in [1.82, 2.24) is 0 Å². The topological polar surface area (TPSA) is 78.4 Å². The van der Waals surface area contributed by atoms with Crippen LogP contribution in [-0.4, -0.2) is 11.3 Å². The van der Waals surface area contributed by atoms with Gasteiger partial charge in [0.05, 0.1) is 11.0 Å². The molecule has 0 unspecified atom stereocenters. The molecule has 0 amide bonds. The van der Waals surface area contributed by atoms with E-state index in [2.05, 4.69) is 4.74 Å². The molecule has 0 bridgehead atoms. The highest BCUT2D eigenvalue weighted by molar-refractivity contribution is 7.13. The van der Waals surface area contributed by atoms with Gasteiger partial charge in [0, 0.05) is 11.4 Å². The van der Waals surface area contributed by atoms with Gasteiger partial charge in [-0.15, -0.1) is 13.2 Å². The molecule has 0 aliphatic heterocycles. The van der Waals surface area contributed by atoms with E-state index in [1.54, 1.807) is 5.38 Å². The van der Waals surface area contributed by atoms with Crippen LogP contribution in [0.5, 0.6) is 5.75 Å². The van der Waals surface area contributed by atoms with Gasteiger partial charge in [-0.05, 0) is 23.3 Å². The van der Waals surface area contributed by atoms with E-state index >= 15 is 0 Å². The fourth-order valence-corrected chi connectivity index (χ4v) is 2.43. The van der Waals surface area contributed by atoms with Crippen LogP contribution in [0.1, 0.15) is 17.2 Å². The summed E-state index contributed by atoms with van der Waals surface area (Å²) in [7, 11) is 0. The summed E-state index contributed by atoms with van der Waals surface area (Å²) in [5.41, 5.74) is 6.98. The van der Waals surface area contributed by atoms with E-state index < -0.39 is 17.3 Å². The molecule has 21 heavy (non-hydrogen) atoms. The number of nitro groups is 1. The lowest BCUT2D eigenvalue weighted by molar-refractivity contribution is -0.380. The first-order valence-corrected chi connectivity index (χ1v) is 6.48. The van der Waals surface area contributed by atoms with Crippen molar-refractivity contribution in [3.05, 3.63) is 57.0 Å². The van der Waals surface area contributed by atoms with Gasteiger partial charge in [-0.1, -0.05) is 23.5 Å². The third kappa shape index (κ3) is 3.92. The molecule has 112 valence electrons. The highest BCUT2D eigenvalue weighted by atomic mass is 32.1. The monoisotopic (exact) mass is 318 g/mol. The van der Waals surface area contributed by atoms with Crippen LogP contribution in [0.15, 0.2) is 35.7 Å². The Morgan fingerprint density at radius 1 is 1.24 bits per heavy atom. The van der Waals surface area contributed by atoms with Gasteiger partial charge in [0.2, 0.25) is 0 Å². The van der Waals surface area contributed by atoms with Crippen LogP contribution in [0.3, 0.4) is 0 Å². The summed E-state index contributed by atoms with van der Waals surface area (Å²) in [4.78, 5) is 10.1. The molecule has 9 heteroatoms. The van der Waals surface area contributed by atoms with Gasteiger partial charge in [0.1, 0.15) is 5.75 Å². The van der Waals surface area contributed by atoms with Crippen LogP contribution in [-0.2, 0) is 0 Å². The molecule has 0 radical (unpaired) electrons. The number of benzene rings is 1. The molecule has 2 aromatic rings. The van der Waals surface area contributed by atoms with Crippen LogP contribution in [0.25, 0.3) is 0 Å². The zero-order valence-corrected chi connectivity index (χ0v) is 11.1. The maximum Gasteiger partial charge on any atom is 0.573 e. The van der Waals surface area contributed by atoms with E-state index in [9.17, 15) is 23.3 Å². The Hall–Kier alpha value is -2.13. The minimum atomic E-state index is -4.75. The largest absolute Gasteiger partial charge is 0.573 e. The summed E-state index contributed by atoms with van der Waals surface area (Å²) < 4.78 is 39.9. The van der Waals surface area contributed by atoms with Crippen LogP contribution in [0, 0.1) is 10.1 Å². The summed E-state index contributed by atoms with van der Waals surface area (Å²) in [6, 6.07) is 5.74. The van der Waals surface area contributed by atoms with E-state index in [0.29, 0.717) is 11.1 Å². The van der Waals surface area contributed by atoms with Crippen molar-refractivity contribution in [2.45, 2.75) is 12.4 Å². The van der Waals surface area contributed by atoms with Crippen molar-refractivity contribution >= 4 is 16.3 Å². The highest BCUT2D eigenvalue weighted by Crippen LogP contribution is 2.30. The first-order valence-electron chi connectivity index (χ1n) is 5.60. The molecule has 0 fully saturated rings. The van der Waals surface area contributed by atoms with Crippen molar-refractivity contribution < 1.29 is 22.8 Å². The SMILES string of the molecule is N[C@H](c1ccc(OC(F)(F)F)cc1)c1csc([N+](=O)[O-])c1. The van der Waals surface area contributed by atoms with Gasteiger partial charge in [-0.3, -0.25) is 10.1 Å². The lowest BCUT2D eigenvalue weighted by atomic mass is 10.0. The van der Waals surface area contributed by atoms with Crippen molar-refractivity contribution in [2.24, 2.45) is 5.73 Å². The first-order chi connectivity index (χ1) is 9.76. The normalized spacial score (nSPS) is 13.0. The van der Waals surface area contributed by atoms with Gasteiger partial charge >= 0.3 is 11.4 Å². The van der Waals surface area contributed by atoms with Crippen molar-refractivity contribution in [1.29, 1.82) is 0 Å². The zero-order chi connectivity index (χ0) is 15.6. The Labute approximate surface area is 120 Å². The number of halogens is 3. The number of ether oxygens (including phenoxy) is 1. The van der Waals surface area contributed by atoms with E-state index in [0.717, 1.165) is 23.5 Å². The van der Waals surface area contributed by atoms with Crippen LogP contribution < -0.4 is 10.5 Å². The maximum absolute atomic E-state index is 12.0. The number of nitrogens with zero attached hydrogens (tertiary/aromatic N) is 1. The molecule has 0 spiro atoms. The molecule has 1 atom stereocenters. The summed E-state index contributed by atoms with van der Waals surface area (Å²) in [6.45, 7) is 0. The fraction of sp³-hybridized carbons (Fsp3) is 0.167. The molecule has 1 aromatic carbocycles. The highest BCUT2D eigenvalue weighted by Gasteiger charge is 2.31. The minimum Gasteiger partial charge on any atom is -0.406 e. The molecule has 0 aliphatic carbocycles. The van der Waals surface area contributed by atoms with Crippen LogP contribution >= 0.6 is 11.3 Å². The number of nitrogens with two attached hydrogens (primary N) is 1. The molecular formula is C12H9F3N2O3S. The number of thiophene rings is 1. The lowest BCUT2D eigenvalue weighted by Gasteiger charge is -2.12. The summed E-state index contributed by atoms with van der Waals surface area (Å²) in [5, 5.41) is 12.1. The van der Waals surface area contributed by atoms with Crippen molar-refractivity contribution in [3.8, 4) is 5.75 Å². The average Bonchev–Trinajstić information content (AvgIpc) is 2.86. The molecular weight excluding hydrogens is 309 g/mol. The number of hydrogen-bond acceptors (Lipinski definition) is 5. The number of rotatable bonds is 4. The van der Waals surface area contributed by atoms with Gasteiger partial charge in [-0.2, -0.15) is 0 Å². The quantitative estimate of drug-likeness (QED) is 0.690. The van der Waals surface area contributed by atoms with E-state index in [1.807, 2.05) is 0 Å². The van der Waals surface area contributed by atoms with Crippen LogP contribution in [0.4, 0.5) is 18.2 Å². The Kier molecular flexibility index (Phi) is 4.14. The molecule has 2 N–H and O–H groups in total. The van der Waals surface area contributed by atoms with E-state index in [-0.39, 0.29) is 10.8 Å². The van der Waals surface area contributed by atoms with E-state index in [4.69, 9.17) is 5.73 Å². The second-order valence-electron chi connectivity index (χ2n) is 4.07. The maximum atomic E-state index is 12.0. The van der Waals surface area contributed by atoms with Gasteiger partial charge < -0.3 is 10.5 Å². The Balaban J connectivity index is 2.15. The van der Waals surface area contributed by atoms with Crippen molar-refractivity contribution in [3.63, 3.8) is 0 Å². The predicted octanol–water partition coefficient (Wildman–Crippen LogP) is 3.60. The second-order valence-corrected chi connectivity index (χ2v) is 4.96. The zero-order valence-electron chi connectivity index (χ0n) is 10.3. The molecule has 1 aromatic heterocycles. The standard InChI is InChI=1S/C12H9F3N2O3S/c13-12(14,15)20-9-3-1-7(2-4-9)11(16)8-5-10(17(18)19)21-6-8/h1-6,11H,16H2/t11-/m1/s1. The molecule has 1 heterocycles. The summed E-state index contributed by atoms with van der Waals surface area (Å²) >= 11 is 0.939.